The van der Waals surface area contributed by atoms with Gasteiger partial charge in [-0.25, -0.2) is 0 Å². The molecule has 0 bridgehead atoms. The van der Waals surface area contributed by atoms with Gasteiger partial charge < -0.3 is 4.74 Å². The van der Waals surface area contributed by atoms with Crippen LogP contribution in [-0.2, 0) is 0 Å². The molecule has 2 nitrogen and oxygen atoms in total. The van der Waals surface area contributed by atoms with Crippen LogP contribution in [0.4, 0.5) is 0 Å². The minimum atomic E-state index is 0.0535. The molecule has 1 aromatic carbocycles. The fourth-order valence-electron chi connectivity index (χ4n) is 2.05. The molecule has 2 rings (SSSR count). The molecule has 1 aliphatic rings. The maximum atomic E-state index is 12.6. The van der Waals surface area contributed by atoms with E-state index in [1.165, 1.54) is 0 Å². The summed E-state index contributed by atoms with van der Waals surface area (Å²) in [6.07, 6.45) is 0. The van der Waals surface area contributed by atoms with Crippen molar-refractivity contribution in [1.29, 1.82) is 0 Å². The monoisotopic (exact) mass is 296 g/mol. The second-order valence-corrected chi connectivity index (χ2v) is 7.66. The lowest BCUT2D eigenvalue weighted by molar-refractivity contribution is 0.0991. The first kappa shape index (κ1) is 14.8. The van der Waals surface area contributed by atoms with E-state index < -0.39 is 0 Å². The average molecular weight is 296 g/mol. The van der Waals surface area contributed by atoms with Crippen LogP contribution < -0.4 is 4.74 Å². The van der Waals surface area contributed by atoms with Crippen LogP contribution in [0.15, 0.2) is 24.3 Å². The summed E-state index contributed by atoms with van der Waals surface area (Å²) in [5, 5.41) is 1.20. The molecule has 0 saturated carbocycles. The van der Waals surface area contributed by atoms with Crippen molar-refractivity contribution in [2.45, 2.75) is 36.5 Å². The number of para-hydroxylation sites is 1. The lowest BCUT2D eigenvalue weighted by atomic mass is 10.1. The largest absolute Gasteiger partial charge is 0.493 e. The average Bonchev–Trinajstić information content (AvgIpc) is 2.42. The zero-order valence-corrected chi connectivity index (χ0v) is 13.2. The highest BCUT2D eigenvalue weighted by Crippen LogP contribution is 2.37. The normalized spacial score (nSPS) is 27.0. The molecule has 3 unspecified atom stereocenters. The molecule has 104 valence electrons. The number of carbonyl (C=O) groups is 1. The second kappa shape index (κ2) is 6.71. The van der Waals surface area contributed by atoms with Crippen LogP contribution in [0, 0.1) is 0 Å². The molecule has 0 amide bonds. The molecule has 4 heteroatoms. The summed E-state index contributed by atoms with van der Waals surface area (Å²) in [4.78, 5) is 12.6. The molecule has 3 atom stereocenters. The van der Waals surface area contributed by atoms with E-state index in [0.717, 1.165) is 11.3 Å². The van der Waals surface area contributed by atoms with Gasteiger partial charge in [-0.2, -0.15) is 11.8 Å². The van der Waals surface area contributed by atoms with Gasteiger partial charge in [0.05, 0.1) is 17.4 Å². The molecule has 0 N–H and O–H groups in total. The van der Waals surface area contributed by atoms with Crippen LogP contribution in [0.3, 0.4) is 0 Å². The summed E-state index contributed by atoms with van der Waals surface area (Å²) in [7, 11) is 0. The number of carbonyl (C=O) groups excluding carboxylic acids is 1. The lowest BCUT2D eigenvalue weighted by Gasteiger charge is -2.30. The first-order valence-electron chi connectivity index (χ1n) is 6.66. The number of hydrogen-bond donors (Lipinski definition) is 0. The number of ketones is 1. The van der Waals surface area contributed by atoms with Crippen LogP contribution in [0.25, 0.3) is 0 Å². The van der Waals surface area contributed by atoms with E-state index >= 15 is 0 Å². The zero-order chi connectivity index (χ0) is 13.8. The summed E-state index contributed by atoms with van der Waals surface area (Å²) < 4.78 is 5.56. The highest BCUT2D eigenvalue weighted by molar-refractivity contribution is 8.08. The van der Waals surface area contributed by atoms with E-state index in [9.17, 15) is 4.79 Å². The molecule has 1 heterocycles. The maximum Gasteiger partial charge on any atom is 0.180 e. The van der Waals surface area contributed by atoms with Crippen molar-refractivity contribution < 1.29 is 9.53 Å². The smallest absolute Gasteiger partial charge is 0.180 e. The molecule has 1 fully saturated rings. The van der Waals surface area contributed by atoms with Crippen molar-refractivity contribution in [3.8, 4) is 5.75 Å². The summed E-state index contributed by atoms with van der Waals surface area (Å²) in [5.74, 6) is 1.82. The minimum absolute atomic E-state index is 0.0535. The van der Waals surface area contributed by atoms with Crippen molar-refractivity contribution >= 4 is 29.3 Å². The van der Waals surface area contributed by atoms with Gasteiger partial charge in [0.1, 0.15) is 5.75 Å². The van der Waals surface area contributed by atoms with Crippen molar-refractivity contribution in [1.82, 2.24) is 0 Å². The molecule has 0 spiro atoms. The Labute approximate surface area is 123 Å². The Balaban J connectivity index is 2.15. The number of Topliss-reactive ketones (excluding diaryl/α,β-unsaturated/α-hetero) is 1. The van der Waals surface area contributed by atoms with Gasteiger partial charge in [-0.1, -0.05) is 26.0 Å². The molecule has 1 aromatic rings. The Kier molecular flexibility index (Phi) is 5.22. The molecule has 0 aromatic heterocycles. The van der Waals surface area contributed by atoms with E-state index in [1.807, 2.05) is 43.0 Å². The zero-order valence-electron chi connectivity index (χ0n) is 11.6. The molecule has 1 saturated heterocycles. The van der Waals surface area contributed by atoms with Crippen LogP contribution >= 0.6 is 23.5 Å². The van der Waals surface area contributed by atoms with Gasteiger partial charge in [0.15, 0.2) is 5.78 Å². The van der Waals surface area contributed by atoms with E-state index in [1.54, 1.807) is 11.8 Å². The third-order valence-corrected chi connectivity index (χ3v) is 6.69. The van der Waals surface area contributed by atoms with Crippen LogP contribution in [-0.4, -0.2) is 33.9 Å². The Morgan fingerprint density at radius 3 is 2.74 bits per heavy atom. The van der Waals surface area contributed by atoms with Gasteiger partial charge in [-0.3, -0.25) is 4.79 Å². The molecule has 0 radical (unpaired) electrons. The number of ether oxygens (including phenoxy) is 1. The Bertz CT molecular complexity index is 448. The summed E-state index contributed by atoms with van der Waals surface area (Å²) >= 11 is 3.69. The number of benzene rings is 1. The topological polar surface area (TPSA) is 26.3 Å². The number of thioether (sulfide) groups is 2. The standard InChI is InChI=1S/C15H20O2S2/c1-4-17-13-8-6-5-7-12(13)15(16)14-9-18-10(2)11(3)19-14/h5-8,10-11,14H,4,9H2,1-3H3. The van der Waals surface area contributed by atoms with E-state index in [0.29, 0.717) is 22.9 Å². The van der Waals surface area contributed by atoms with Gasteiger partial charge in [0.2, 0.25) is 0 Å². The first-order chi connectivity index (χ1) is 9.13. The van der Waals surface area contributed by atoms with Gasteiger partial charge >= 0.3 is 0 Å². The Morgan fingerprint density at radius 1 is 1.32 bits per heavy atom. The van der Waals surface area contributed by atoms with E-state index in [4.69, 9.17) is 4.74 Å². The van der Waals surface area contributed by atoms with E-state index in [-0.39, 0.29) is 11.0 Å². The van der Waals surface area contributed by atoms with Crippen molar-refractivity contribution in [3.63, 3.8) is 0 Å². The predicted octanol–water partition coefficient (Wildman–Crippen LogP) is 3.89. The molecule has 1 aliphatic heterocycles. The highest BCUT2D eigenvalue weighted by atomic mass is 32.2. The quantitative estimate of drug-likeness (QED) is 0.787. The van der Waals surface area contributed by atoms with Gasteiger partial charge in [-0.15, -0.1) is 11.8 Å². The summed E-state index contributed by atoms with van der Waals surface area (Å²) in [5.41, 5.74) is 0.726. The van der Waals surface area contributed by atoms with E-state index in [2.05, 4.69) is 13.8 Å². The van der Waals surface area contributed by atoms with Crippen LogP contribution in [0.5, 0.6) is 5.75 Å². The molecular formula is C15H20O2S2. The minimum Gasteiger partial charge on any atom is -0.493 e. The third kappa shape index (κ3) is 3.48. The third-order valence-electron chi connectivity index (χ3n) is 3.30. The number of rotatable bonds is 4. The number of hydrogen-bond acceptors (Lipinski definition) is 4. The predicted molar refractivity (Wildman–Crippen MR) is 84.7 cm³/mol. The fraction of sp³-hybridized carbons (Fsp3) is 0.533. The SMILES string of the molecule is CCOc1ccccc1C(=O)C1CSC(C)C(C)S1. The van der Waals surface area contributed by atoms with Crippen molar-refractivity contribution in [3.05, 3.63) is 29.8 Å². The fourth-order valence-corrected chi connectivity index (χ4v) is 4.92. The van der Waals surface area contributed by atoms with Gasteiger partial charge in [0.25, 0.3) is 0 Å². The summed E-state index contributed by atoms with van der Waals surface area (Å²) in [6, 6.07) is 7.57. The first-order valence-corrected chi connectivity index (χ1v) is 8.65. The van der Waals surface area contributed by atoms with Gasteiger partial charge in [0, 0.05) is 16.3 Å². The lowest BCUT2D eigenvalue weighted by Crippen LogP contribution is -2.31. The Hall–Kier alpha value is -0.610. The maximum absolute atomic E-state index is 12.6. The molecule has 0 aliphatic carbocycles. The Morgan fingerprint density at radius 2 is 2.05 bits per heavy atom. The second-order valence-electron chi connectivity index (χ2n) is 4.66. The van der Waals surface area contributed by atoms with Crippen molar-refractivity contribution in [2.75, 3.05) is 12.4 Å². The van der Waals surface area contributed by atoms with Crippen LogP contribution in [0.1, 0.15) is 31.1 Å². The highest BCUT2D eigenvalue weighted by Gasteiger charge is 2.31. The van der Waals surface area contributed by atoms with Gasteiger partial charge in [-0.05, 0) is 19.1 Å². The summed E-state index contributed by atoms with van der Waals surface area (Å²) in [6.45, 7) is 6.97. The molecule has 19 heavy (non-hydrogen) atoms. The molecular weight excluding hydrogens is 276 g/mol. The van der Waals surface area contributed by atoms with Crippen molar-refractivity contribution in [2.24, 2.45) is 0 Å². The van der Waals surface area contributed by atoms with Crippen LogP contribution in [0.2, 0.25) is 0 Å².